The van der Waals surface area contributed by atoms with Gasteiger partial charge < -0.3 is 15.7 Å². The fourth-order valence-corrected chi connectivity index (χ4v) is 1.20. The number of carbonyl (C=O) groups excluding carboxylic acids is 1. The van der Waals surface area contributed by atoms with Crippen LogP contribution in [-0.4, -0.2) is 35.0 Å². The molecule has 0 aromatic heterocycles. The minimum Gasteiger partial charge on any atom is -0.480 e. The Morgan fingerprint density at radius 2 is 2.00 bits per heavy atom. The molecule has 1 rings (SSSR count). The van der Waals surface area contributed by atoms with Crippen molar-refractivity contribution in [3.63, 3.8) is 0 Å². The smallest absolute Gasteiger partial charge is 0.322 e. The Balaban J connectivity index is 2.60. The van der Waals surface area contributed by atoms with E-state index < -0.39 is 34.8 Å². The molecular formula is C10H10FN3O5. The first-order chi connectivity index (χ1) is 8.88. The lowest BCUT2D eigenvalue weighted by molar-refractivity contribution is -0.385. The number of halogens is 1. The summed E-state index contributed by atoms with van der Waals surface area (Å²) in [4.78, 5) is 31.1. The van der Waals surface area contributed by atoms with Gasteiger partial charge in [0.15, 0.2) is 0 Å². The molecule has 0 unspecified atom stereocenters. The molecule has 1 aromatic rings. The van der Waals surface area contributed by atoms with Crippen molar-refractivity contribution >= 4 is 23.3 Å². The third kappa shape index (κ3) is 4.98. The number of nitrogens with zero attached hydrogens (tertiary/aromatic N) is 1. The van der Waals surface area contributed by atoms with Crippen LogP contribution < -0.4 is 10.6 Å². The molecule has 3 N–H and O–H groups in total. The number of nitro groups is 1. The number of hydrogen-bond acceptors (Lipinski definition) is 5. The van der Waals surface area contributed by atoms with Gasteiger partial charge in [0.05, 0.1) is 17.5 Å². The molecule has 0 saturated carbocycles. The van der Waals surface area contributed by atoms with Crippen LogP contribution in [0.1, 0.15) is 0 Å². The second-order valence-electron chi connectivity index (χ2n) is 3.48. The third-order valence-corrected chi connectivity index (χ3v) is 1.98. The monoisotopic (exact) mass is 271 g/mol. The largest absolute Gasteiger partial charge is 0.480 e. The van der Waals surface area contributed by atoms with Gasteiger partial charge in [-0.1, -0.05) is 0 Å². The van der Waals surface area contributed by atoms with E-state index >= 15 is 0 Å². The summed E-state index contributed by atoms with van der Waals surface area (Å²) in [6.07, 6.45) is 0. The molecule has 0 heterocycles. The van der Waals surface area contributed by atoms with Crippen molar-refractivity contribution in [3.05, 3.63) is 34.1 Å². The number of aliphatic carboxylic acids is 1. The van der Waals surface area contributed by atoms with E-state index in [0.717, 1.165) is 18.2 Å². The zero-order chi connectivity index (χ0) is 14.4. The number of benzene rings is 1. The van der Waals surface area contributed by atoms with Gasteiger partial charge in [0.1, 0.15) is 12.4 Å². The number of carboxylic acids is 1. The Kier molecular flexibility index (Phi) is 4.75. The molecule has 1 amide bonds. The van der Waals surface area contributed by atoms with Crippen LogP contribution in [0, 0.1) is 15.9 Å². The van der Waals surface area contributed by atoms with Gasteiger partial charge in [-0.25, -0.2) is 4.39 Å². The standard InChI is InChI=1S/C10H10FN3O5/c11-6-1-7(3-8(2-6)14(18)19)12-4-9(15)13-5-10(16)17/h1-3,12H,4-5H2,(H,13,15)(H,16,17). The maximum absolute atomic E-state index is 13.0. The van der Waals surface area contributed by atoms with Crippen LogP contribution in [0.15, 0.2) is 18.2 Å². The Hall–Kier alpha value is -2.71. The molecule has 8 nitrogen and oxygen atoms in total. The van der Waals surface area contributed by atoms with Crippen LogP contribution in [0.5, 0.6) is 0 Å². The number of rotatable bonds is 6. The second-order valence-corrected chi connectivity index (χ2v) is 3.48. The highest BCUT2D eigenvalue weighted by molar-refractivity contribution is 5.84. The Labute approximate surface area is 106 Å². The van der Waals surface area contributed by atoms with E-state index in [-0.39, 0.29) is 12.2 Å². The Bertz CT molecular complexity index is 520. The molecule has 0 aliphatic heterocycles. The van der Waals surface area contributed by atoms with Gasteiger partial charge in [-0.2, -0.15) is 0 Å². The van der Waals surface area contributed by atoms with E-state index in [9.17, 15) is 24.1 Å². The van der Waals surface area contributed by atoms with E-state index in [1.165, 1.54) is 0 Å². The molecule has 0 saturated heterocycles. The molecule has 0 fully saturated rings. The maximum Gasteiger partial charge on any atom is 0.322 e. The first kappa shape index (κ1) is 14.4. The van der Waals surface area contributed by atoms with Crippen LogP contribution in [0.4, 0.5) is 15.8 Å². The summed E-state index contributed by atoms with van der Waals surface area (Å²) in [6.45, 7) is -0.863. The van der Waals surface area contributed by atoms with E-state index in [1.54, 1.807) is 0 Å². The summed E-state index contributed by atoms with van der Waals surface area (Å²) in [5.74, 6) is -2.65. The number of nitrogens with one attached hydrogen (secondary N) is 2. The topological polar surface area (TPSA) is 122 Å². The summed E-state index contributed by atoms with van der Waals surface area (Å²) < 4.78 is 13.0. The molecule has 1 aromatic carbocycles. The molecule has 102 valence electrons. The molecule has 0 atom stereocenters. The molecule has 19 heavy (non-hydrogen) atoms. The number of non-ortho nitro benzene ring substituents is 1. The van der Waals surface area contributed by atoms with Crippen molar-refractivity contribution in [1.82, 2.24) is 5.32 Å². The first-order valence-corrected chi connectivity index (χ1v) is 5.06. The lowest BCUT2D eigenvalue weighted by Gasteiger charge is -2.06. The van der Waals surface area contributed by atoms with Crippen LogP contribution in [0.2, 0.25) is 0 Å². The summed E-state index contributed by atoms with van der Waals surface area (Å²) in [5.41, 5.74) is -0.398. The Morgan fingerprint density at radius 1 is 1.32 bits per heavy atom. The van der Waals surface area contributed by atoms with Gasteiger partial charge in [0, 0.05) is 11.8 Å². The molecule has 0 aliphatic carbocycles. The molecule has 0 radical (unpaired) electrons. The normalized spacial score (nSPS) is 9.74. The number of amides is 1. The summed E-state index contributed by atoms with van der Waals surface area (Å²) in [6, 6.07) is 2.79. The van der Waals surface area contributed by atoms with Crippen molar-refractivity contribution in [2.24, 2.45) is 0 Å². The number of anilines is 1. The van der Waals surface area contributed by atoms with Gasteiger partial charge in [-0.05, 0) is 6.07 Å². The average molecular weight is 271 g/mol. The minimum absolute atomic E-state index is 0.0529. The van der Waals surface area contributed by atoms with Crippen molar-refractivity contribution in [1.29, 1.82) is 0 Å². The molecule has 0 bridgehead atoms. The lowest BCUT2D eigenvalue weighted by Crippen LogP contribution is -2.33. The van der Waals surface area contributed by atoms with E-state index in [1.807, 2.05) is 0 Å². The maximum atomic E-state index is 13.0. The number of hydrogen-bond donors (Lipinski definition) is 3. The molecule has 0 spiro atoms. The summed E-state index contributed by atoms with van der Waals surface area (Å²) >= 11 is 0. The van der Waals surface area contributed by atoms with Crippen LogP contribution >= 0.6 is 0 Å². The predicted molar refractivity (Wildman–Crippen MR) is 62.2 cm³/mol. The van der Waals surface area contributed by atoms with Crippen molar-refractivity contribution in [2.75, 3.05) is 18.4 Å². The average Bonchev–Trinajstić information content (AvgIpc) is 2.33. The van der Waals surface area contributed by atoms with Gasteiger partial charge in [0.2, 0.25) is 5.91 Å². The number of carboxylic acid groups (broad SMARTS) is 1. The lowest BCUT2D eigenvalue weighted by atomic mass is 10.2. The van der Waals surface area contributed by atoms with Gasteiger partial charge in [0.25, 0.3) is 5.69 Å². The van der Waals surface area contributed by atoms with Crippen LogP contribution in [-0.2, 0) is 9.59 Å². The highest BCUT2D eigenvalue weighted by atomic mass is 19.1. The first-order valence-electron chi connectivity index (χ1n) is 5.06. The zero-order valence-electron chi connectivity index (χ0n) is 9.55. The summed E-state index contributed by atoms with van der Waals surface area (Å²) in [7, 11) is 0. The molecule has 0 aliphatic rings. The zero-order valence-corrected chi connectivity index (χ0v) is 9.55. The van der Waals surface area contributed by atoms with Gasteiger partial charge in [-0.15, -0.1) is 0 Å². The van der Waals surface area contributed by atoms with Gasteiger partial charge >= 0.3 is 5.97 Å². The quantitative estimate of drug-likeness (QED) is 0.507. The second kappa shape index (κ2) is 6.28. The predicted octanol–water partition coefficient (Wildman–Crippen LogP) is 0.347. The van der Waals surface area contributed by atoms with E-state index in [0.29, 0.717) is 0 Å². The summed E-state index contributed by atoms with van der Waals surface area (Å²) in [5, 5.41) is 23.3. The van der Waals surface area contributed by atoms with Crippen molar-refractivity contribution < 1.29 is 24.0 Å². The molecule has 9 heteroatoms. The SMILES string of the molecule is O=C(O)CNC(=O)CNc1cc(F)cc([N+](=O)[O-])c1. The van der Waals surface area contributed by atoms with Crippen molar-refractivity contribution in [3.8, 4) is 0 Å². The third-order valence-electron chi connectivity index (χ3n) is 1.98. The fraction of sp³-hybridized carbons (Fsp3) is 0.200. The Morgan fingerprint density at radius 3 is 2.58 bits per heavy atom. The van der Waals surface area contributed by atoms with E-state index in [4.69, 9.17) is 5.11 Å². The molecular weight excluding hydrogens is 261 g/mol. The van der Waals surface area contributed by atoms with Gasteiger partial charge in [-0.3, -0.25) is 19.7 Å². The number of carbonyl (C=O) groups is 2. The highest BCUT2D eigenvalue weighted by Gasteiger charge is 2.10. The fourth-order valence-electron chi connectivity index (χ4n) is 1.20. The highest BCUT2D eigenvalue weighted by Crippen LogP contribution is 2.19. The number of nitro benzene ring substituents is 1. The van der Waals surface area contributed by atoms with Crippen LogP contribution in [0.3, 0.4) is 0 Å². The van der Waals surface area contributed by atoms with Crippen molar-refractivity contribution in [2.45, 2.75) is 0 Å². The van der Waals surface area contributed by atoms with E-state index in [2.05, 4.69) is 10.6 Å². The van der Waals surface area contributed by atoms with Crippen LogP contribution in [0.25, 0.3) is 0 Å². The minimum atomic E-state index is -1.20.